The zero-order valence-corrected chi connectivity index (χ0v) is 11.7. The third-order valence-corrected chi connectivity index (χ3v) is 2.85. The number of halogens is 1. The van der Waals surface area contributed by atoms with Crippen LogP contribution in [0.25, 0.3) is 0 Å². The Hall–Kier alpha value is -1.84. The second-order valence-electron chi connectivity index (χ2n) is 5.08. The molecule has 4 heteroatoms. The van der Waals surface area contributed by atoms with E-state index in [2.05, 4.69) is 28.7 Å². The van der Waals surface area contributed by atoms with Gasteiger partial charge in [0.15, 0.2) is 0 Å². The molecule has 0 aliphatic carbocycles. The van der Waals surface area contributed by atoms with Crippen molar-refractivity contribution in [2.24, 2.45) is 0 Å². The SMILES string of the molecule is Cc1cn(CCc2cccc(F)c2)c(NC(C)C)n1. The lowest BCUT2D eigenvalue weighted by molar-refractivity contribution is 0.621. The summed E-state index contributed by atoms with van der Waals surface area (Å²) in [5, 5.41) is 3.32. The third kappa shape index (κ3) is 3.81. The minimum atomic E-state index is -0.181. The molecule has 2 rings (SSSR count). The number of hydrogen-bond donors (Lipinski definition) is 1. The standard InChI is InChI=1S/C15H20FN3/c1-11(2)17-15-18-12(3)10-19(15)8-7-13-5-4-6-14(16)9-13/h4-6,9-11H,7-8H2,1-3H3,(H,17,18). The van der Waals surface area contributed by atoms with Crippen LogP contribution in [0.1, 0.15) is 25.1 Å². The van der Waals surface area contributed by atoms with Gasteiger partial charge in [-0.05, 0) is 44.9 Å². The highest BCUT2D eigenvalue weighted by atomic mass is 19.1. The quantitative estimate of drug-likeness (QED) is 0.894. The highest BCUT2D eigenvalue weighted by molar-refractivity contribution is 5.30. The fourth-order valence-corrected chi connectivity index (χ4v) is 2.03. The van der Waals surface area contributed by atoms with Crippen LogP contribution in [-0.2, 0) is 13.0 Å². The van der Waals surface area contributed by atoms with Gasteiger partial charge in [-0.15, -0.1) is 0 Å². The first-order chi connectivity index (χ1) is 9.04. The molecule has 0 aliphatic rings. The first kappa shape index (κ1) is 13.6. The average Bonchev–Trinajstić information content (AvgIpc) is 2.66. The molecule has 1 heterocycles. The normalized spacial score (nSPS) is 11.0. The number of nitrogens with zero attached hydrogens (tertiary/aromatic N) is 2. The number of imidazole rings is 1. The van der Waals surface area contributed by atoms with Crippen LogP contribution < -0.4 is 5.32 Å². The number of nitrogens with one attached hydrogen (secondary N) is 1. The molecule has 1 aromatic heterocycles. The van der Waals surface area contributed by atoms with E-state index >= 15 is 0 Å². The Morgan fingerprint density at radius 2 is 2.16 bits per heavy atom. The van der Waals surface area contributed by atoms with Crippen molar-refractivity contribution in [3.05, 3.63) is 47.5 Å². The van der Waals surface area contributed by atoms with E-state index in [0.717, 1.165) is 30.2 Å². The van der Waals surface area contributed by atoms with E-state index in [0.29, 0.717) is 6.04 Å². The fourth-order valence-electron chi connectivity index (χ4n) is 2.03. The molecule has 19 heavy (non-hydrogen) atoms. The maximum Gasteiger partial charge on any atom is 0.203 e. The predicted octanol–water partition coefficient (Wildman–Crippen LogP) is 3.39. The Labute approximate surface area is 113 Å². The van der Waals surface area contributed by atoms with E-state index in [9.17, 15) is 4.39 Å². The van der Waals surface area contributed by atoms with Gasteiger partial charge in [-0.25, -0.2) is 9.37 Å². The fraction of sp³-hybridized carbons (Fsp3) is 0.400. The largest absolute Gasteiger partial charge is 0.353 e. The summed E-state index contributed by atoms with van der Waals surface area (Å²) >= 11 is 0. The smallest absolute Gasteiger partial charge is 0.203 e. The third-order valence-electron chi connectivity index (χ3n) is 2.85. The second-order valence-corrected chi connectivity index (χ2v) is 5.08. The molecule has 102 valence electrons. The highest BCUT2D eigenvalue weighted by Gasteiger charge is 2.06. The van der Waals surface area contributed by atoms with Crippen LogP contribution in [0.3, 0.4) is 0 Å². The lowest BCUT2D eigenvalue weighted by Crippen LogP contribution is -2.15. The minimum absolute atomic E-state index is 0.181. The van der Waals surface area contributed by atoms with Crippen LogP contribution in [0.5, 0.6) is 0 Å². The van der Waals surface area contributed by atoms with Crippen molar-refractivity contribution in [2.75, 3.05) is 5.32 Å². The van der Waals surface area contributed by atoms with E-state index in [1.54, 1.807) is 12.1 Å². The monoisotopic (exact) mass is 261 g/mol. The minimum Gasteiger partial charge on any atom is -0.353 e. The molecule has 0 fully saturated rings. The summed E-state index contributed by atoms with van der Waals surface area (Å²) < 4.78 is 15.2. The van der Waals surface area contributed by atoms with Crippen LogP contribution in [0.2, 0.25) is 0 Å². The zero-order valence-electron chi connectivity index (χ0n) is 11.7. The lowest BCUT2D eigenvalue weighted by atomic mass is 10.1. The van der Waals surface area contributed by atoms with Gasteiger partial charge in [-0.3, -0.25) is 0 Å². The van der Waals surface area contributed by atoms with E-state index in [4.69, 9.17) is 0 Å². The summed E-state index contributed by atoms with van der Waals surface area (Å²) in [6.45, 7) is 6.94. The van der Waals surface area contributed by atoms with Gasteiger partial charge in [0.25, 0.3) is 0 Å². The van der Waals surface area contributed by atoms with Crippen molar-refractivity contribution < 1.29 is 4.39 Å². The Kier molecular flexibility index (Phi) is 4.20. The first-order valence-corrected chi connectivity index (χ1v) is 6.59. The molecule has 0 spiro atoms. The van der Waals surface area contributed by atoms with Crippen molar-refractivity contribution in [2.45, 2.75) is 39.8 Å². The van der Waals surface area contributed by atoms with Gasteiger partial charge in [0, 0.05) is 18.8 Å². The van der Waals surface area contributed by atoms with E-state index in [-0.39, 0.29) is 5.82 Å². The lowest BCUT2D eigenvalue weighted by Gasteiger charge is -2.12. The van der Waals surface area contributed by atoms with Crippen LogP contribution in [-0.4, -0.2) is 15.6 Å². The Morgan fingerprint density at radius 1 is 1.37 bits per heavy atom. The van der Waals surface area contributed by atoms with Crippen molar-refractivity contribution >= 4 is 5.95 Å². The summed E-state index contributed by atoms with van der Waals surface area (Å²) in [5.74, 6) is 0.698. The Morgan fingerprint density at radius 3 is 2.84 bits per heavy atom. The molecular weight excluding hydrogens is 241 g/mol. The van der Waals surface area contributed by atoms with E-state index < -0.39 is 0 Å². The number of aryl methyl sites for hydroxylation is 3. The maximum absolute atomic E-state index is 13.1. The summed E-state index contributed by atoms with van der Waals surface area (Å²) in [5.41, 5.74) is 1.99. The molecule has 0 saturated heterocycles. The van der Waals surface area contributed by atoms with Crippen molar-refractivity contribution in [1.82, 2.24) is 9.55 Å². The number of rotatable bonds is 5. The zero-order chi connectivity index (χ0) is 13.8. The molecule has 0 unspecified atom stereocenters. The highest BCUT2D eigenvalue weighted by Crippen LogP contribution is 2.12. The number of hydrogen-bond acceptors (Lipinski definition) is 2. The van der Waals surface area contributed by atoms with Gasteiger partial charge in [-0.2, -0.15) is 0 Å². The molecule has 0 radical (unpaired) electrons. The predicted molar refractivity (Wildman–Crippen MR) is 75.8 cm³/mol. The van der Waals surface area contributed by atoms with Crippen LogP contribution in [0.4, 0.5) is 10.3 Å². The molecule has 0 saturated carbocycles. The van der Waals surface area contributed by atoms with Crippen LogP contribution >= 0.6 is 0 Å². The van der Waals surface area contributed by atoms with Gasteiger partial charge >= 0.3 is 0 Å². The van der Waals surface area contributed by atoms with Gasteiger partial charge in [-0.1, -0.05) is 12.1 Å². The molecule has 0 bridgehead atoms. The van der Waals surface area contributed by atoms with E-state index in [1.807, 2.05) is 19.2 Å². The molecule has 0 atom stereocenters. The molecule has 0 amide bonds. The number of anilines is 1. The molecular formula is C15H20FN3. The summed E-state index contributed by atoms with van der Waals surface area (Å²) in [6.07, 6.45) is 2.81. The van der Waals surface area contributed by atoms with Crippen molar-refractivity contribution in [3.8, 4) is 0 Å². The van der Waals surface area contributed by atoms with Crippen LogP contribution in [0.15, 0.2) is 30.5 Å². The maximum atomic E-state index is 13.1. The second kappa shape index (κ2) is 5.87. The first-order valence-electron chi connectivity index (χ1n) is 6.59. The van der Waals surface area contributed by atoms with E-state index in [1.165, 1.54) is 6.07 Å². The number of benzene rings is 1. The Bertz CT molecular complexity index is 546. The van der Waals surface area contributed by atoms with Gasteiger partial charge < -0.3 is 9.88 Å². The number of aromatic nitrogens is 2. The van der Waals surface area contributed by atoms with Crippen molar-refractivity contribution in [3.63, 3.8) is 0 Å². The average molecular weight is 261 g/mol. The summed E-state index contributed by atoms with van der Waals surface area (Å²) in [7, 11) is 0. The van der Waals surface area contributed by atoms with Crippen LogP contribution in [0, 0.1) is 12.7 Å². The molecule has 3 nitrogen and oxygen atoms in total. The molecule has 2 aromatic rings. The van der Waals surface area contributed by atoms with Gasteiger partial charge in [0.1, 0.15) is 5.82 Å². The summed E-state index contributed by atoms with van der Waals surface area (Å²) in [6, 6.07) is 7.09. The topological polar surface area (TPSA) is 29.9 Å². The van der Waals surface area contributed by atoms with Crippen molar-refractivity contribution in [1.29, 1.82) is 0 Å². The Balaban J connectivity index is 2.06. The molecule has 0 aliphatic heterocycles. The van der Waals surface area contributed by atoms with Gasteiger partial charge in [0.2, 0.25) is 5.95 Å². The summed E-state index contributed by atoms with van der Waals surface area (Å²) in [4.78, 5) is 4.46. The molecule has 1 aromatic carbocycles. The molecule has 1 N–H and O–H groups in total. The van der Waals surface area contributed by atoms with Gasteiger partial charge in [0.05, 0.1) is 5.69 Å².